The van der Waals surface area contributed by atoms with Gasteiger partial charge in [-0.3, -0.25) is 0 Å². The van der Waals surface area contributed by atoms with Gasteiger partial charge in [0.05, 0.1) is 20.0 Å². The second kappa shape index (κ2) is 7.24. The van der Waals surface area contributed by atoms with Gasteiger partial charge in [0.1, 0.15) is 17.4 Å². The zero-order valence-electron chi connectivity index (χ0n) is 8.57. The fraction of sp³-hybridized carbons (Fsp3) is 0.200. The Morgan fingerprint density at radius 1 is 1.41 bits per heavy atom. The molecule has 0 bridgehead atoms. The summed E-state index contributed by atoms with van der Waals surface area (Å²) >= 11 is 21.9. The Kier molecular flexibility index (Phi) is 6.66. The van der Waals surface area contributed by atoms with E-state index < -0.39 is 0 Å². The second-order valence-electron chi connectivity index (χ2n) is 2.82. The first-order valence-electron chi connectivity index (χ1n) is 4.32. The molecule has 0 atom stereocenters. The Hall–Kier alpha value is 0.580. The van der Waals surface area contributed by atoms with Crippen molar-refractivity contribution in [2.75, 3.05) is 13.7 Å². The van der Waals surface area contributed by atoms with Gasteiger partial charge in [-0.15, -0.1) is 0 Å². The summed E-state index contributed by atoms with van der Waals surface area (Å²) in [5.74, 6) is 0.975. The van der Waals surface area contributed by atoms with Crippen LogP contribution in [0.2, 0.25) is 10.0 Å². The minimum absolute atomic E-state index is 0.378. The van der Waals surface area contributed by atoms with Gasteiger partial charge in [0.25, 0.3) is 0 Å². The molecule has 1 aromatic carbocycles. The van der Waals surface area contributed by atoms with Crippen molar-refractivity contribution < 1.29 is 9.47 Å². The van der Waals surface area contributed by atoms with Gasteiger partial charge >= 0.3 is 0 Å². The van der Waals surface area contributed by atoms with Crippen LogP contribution in [0.4, 0.5) is 0 Å². The van der Waals surface area contributed by atoms with Gasteiger partial charge in [-0.05, 0) is 53.9 Å². The summed E-state index contributed by atoms with van der Waals surface area (Å²) in [5.41, 5.74) is 0. The van der Waals surface area contributed by atoms with Crippen LogP contribution < -0.4 is 9.47 Å². The predicted octanol–water partition coefficient (Wildman–Crippen LogP) is 5.77. The molecule has 0 aliphatic rings. The molecule has 1 rings (SSSR count). The molecule has 7 heteroatoms. The van der Waals surface area contributed by atoms with Crippen LogP contribution >= 0.6 is 71.0 Å². The number of hydrogen-bond donors (Lipinski definition) is 0. The molecule has 0 aliphatic heterocycles. The molecule has 0 saturated heterocycles. The number of rotatable bonds is 4. The molecule has 0 saturated carbocycles. The van der Waals surface area contributed by atoms with E-state index in [0.29, 0.717) is 32.6 Å². The standard InChI is InChI=1S/C10H7Br3Cl2O2/c1-16-10-5(14)4-6(8(13)9(10)15)17-3-2-7(11)12/h2,4H,3H2,1H3. The first-order chi connectivity index (χ1) is 7.97. The maximum Gasteiger partial charge on any atom is 0.157 e. The highest BCUT2D eigenvalue weighted by Crippen LogP contribution is 2.44. The van der Waals surface area contributed by atoms with E-state index >= 15 is 0 Å². The van der Waals surface area contributed by atoms with E-state index in [1.165, 1.54) is 7.11 Å². The highest BCUT2D eigenvalue weighted by Gasteiger charge is 2.15. The monoisotopic (exact) mass is 466 g/mol. The molecule has 0 N–H and O–H groups in total. The third-order valence-electron chi connectivity index (χ3n) is 1.76. The van der Waals surface area contributed by atoms with Crippen LogP contribution in [-0.4, -0.2) is 13.7 Å². The van der Waals surface area contributed by atoms with Crippen molar-refractivity contribution in [2.45, 2.75) is 0 Å². The predicted molar refractivity (Wildman–Crippen MR) is 82.1 cm³/mol. The summed E-state index contributed by atoms with van der Waals surface area (Å²) in [5, 5.41) is 0.787. The van der Waals surface area contributed by atoms with Crippen LogP contribution in [0.3, 0.4) is 0 Å². The maximum atomic E-state index is 6.08. The van der Waals surface area contributed by atoms with Gasteiger partial charge in [0.2, 0.25) is 0 Å². The number of halogens is 5. The van der Waals surface area contributed by atoms with Crippen LogP contribution in [0.25, 0.3) is 0 Å². The van der Waals surface area contributed by atoms with Crippen molar-refractivity contribution in [2.24, 2.45) is 0 Å². The molecular weight excluding hydrogens is 463 g/mol. The van der Waals surface area contributed by atoms with Crippen molar-refractivity contribution in [3.63, 3.8) is 0 Å². The van der Waals surface area contributed by atoms with Crippen molar-refractivity contribution in [3.8, 4) is 11.5 Å². The van der Waals surface area contributed by atoms with E-state index in [2.05, 4.69) is 47.8 Å². The first-order valence-corrected chi connectivity index (χ1v) is 7.46. The van der Waals surface area contributed by atoms with Crippen LogP contribution in [0.5, 0.6) is 11.5 Å². The molecule has 17 heavy (non-hydrogen) atoms. The largest absolute Gasteiger partial charge is 0.494 e. The SMILES string of the molecule is COc1c(Cl)cc(OCC=C(Br)Br)c(Br)c1Cl. The molecule has 1 aromatic rings. The van der Waals surface area contributed by atoms with Crippen molar-refractivity contribution >= 4 is 71.0 Å². The molecule has 0 spiro atoms. The summed E-state index contributed by atoms with van der Waals surface area (Å²) in [6.07, 6.45) is 1.80. The number of hydrogen-bond acceptors (Lipinski definition) is 2. The molecule has 2 nitrogen and oxygen atoms in total. The van der Waals surface area contributed by atoms with Crippen LogP contribution in [0.1, 0.15) is 0 Å². The lowest BCUT2D eigenvalue weighted by Crippen LogP contribution is -1.96. The van der Waals surface area contributed by atoms with Crippen molar-refractivity contribution in [1.29, 1.82) is 0 Å². The summed E-state index contributed by atoms with van der Waals surface area (Å²) in [6.45, 7) is 0.378. The van der Waals surface area contributed by atoms with Crippen LogP contribution in [0, 0.1) is 0 Å². The second-order valence-corrected chi connectivity index (χ2v) is 7.17. The molecule has 0 radical (unpaired) electrons. The Morgan fingerprint density at radius 2 is 2.06 bits per heavy atom. The molecule has 0 fully saturated rings. The molecule has 0 unspecified atom stereocenters. The molecule has 0 heterocycles. The van der Waals surface area contributed by atoms with Gasteiger partial charge in [-0.1, -0.05) is 23.2 Å². The third-order valence-corrected chi connectivity index (χ3v) is 4.07. The Labute approximate surface area is 135 Å². The number of benzene rings is 1. The normalized spacial score (nSPS) is 10.0. The lowest BCUT2D eigenvalue weighted by Gasteiger charge is -2.12. The molecular formula is C10H7Br3Cl2O2. The van der Waals surface area contributed by atoms with E-state index in [0.717, 1.165) is 3.39 Å². The average molecular weight is 470 g/mol. The van der Waals surface area contributed by atoms with Crippen LogP contribution in [-0.2, 0) is 0 Å². The van der Waals surface area contributed by atoms with Crippen molar-refractivity contribution in [1.82, 2.24) is 0 Å². The minimum Gasteiger partial charge on any atom is -0.494 e. The molecule has 0 aromatic heterocycles. The van der Waals surface area contributed by atoms with Crippen molar-refractivity contribution in [3.05, 3.63) is 30.1 Å². The Balaban J connectivity index is 2.98. The molecule has 94 valence electrons. The van der Waals surface area contributed by atoms with Gasteiger partial charge in [0, 0.05) is 6.07 Å². The smallest absolute Gasteiger partial charge is 0.157 e. The first kappa shape index (κ1) is 15.6. The van der Waals surface area contributed by atoms with E-state index in [1.54, 1.807) is 12.1 Å². The lowest BCUT2D eigenvalue weighted by atomic mass is 10.3. The third kappa shape index (κ3) is 4.31. The molecule has 0 aliphatic carbocycles. The quantitative estimate of drug-likeness (QED) is 0.521. The lowest BCUT2D eigenvalue weighted by molar-refractivity contribution is 0.358. The minimum atomic E-state index is 0.378. The summed E-state index contributed by atoms with van der Waals surface area (Å²) in [6, 6.07) is 1.65. The maximum absolute atomic E-state index is 6.08. The van der Waals surface area contributed by atoms with Gasteiger partial charge < -0.3 is 9.47 Å². The zero-order valence-corrected chi connectivity index (χ0v) is 14.8. The summed E-state index contributed by atoms with van der Waals surface area (Å²) in [4.78, 5) is 0. The highest BCUT2D eigenvalue weighted by atomic mass is 79.9. The van der Waals surface area contributed by atoms with E-state index in [1.807, 2.05) is 0 Å². The average Bonchev–Trinajstić information content (AvgIpc) is 2.25. The topological polar surface area (TPSA) is 18.5 Å². The fourth-order valence-corrected chi connectivity index (χ4v) is 2.31. The van der Waals surface area contributed by atoms with E-state index in [4.69, 9.17) is 32.7 Å². The Morgan fingerprint density at radius 3 is 2.59 bits per heavy atom. The number of ether oxygens (including phenoxy) is 2. The highest BCUT2D eigenvalue weighted by molar-refractivity contribution is 9.28. The Bertz CT molecular complexity index is 446. The fourth-order valence-electron chi connectivity index (χ4n) is 1.04. The van der Waals surface area contributed by atoms with E-state index in [-0.39, 0.29) is 0 Å². The number of methoxy groups -OCH3 is 1. The van der Waals surface area contributed by atoms with Crippen LogP contribution in [0.15, 0.2) is 20.0 Å². The van der Waals surface area contributed by atoms with Gasteiger partial charge in [-0.25, -0.2) is 0 Å². The van der Waals surface area contributed by atoms with E-state index in [9.17, 15) is 0 Å². The molecule has 0 amide bonds. The van der Waals surface area contributed by atoms with Gasteiger partial charge in [-0.2, -0.15) is 0 Å². The zero-order chi connectivity index (χ0) is 13.0. The summed E-state index contributed by atoms with van der Waals surface area (Å²) in [7, 11) is 1.50. The summed E-state index contributed by atoms with van der Waals surface area (Å²) < 4.78 is 12.0. The van der Waals surface area contributed by atoms with Gasteiger partial charge in [0.15, 0.2) is 5.75 Å².